The van der Waals surface area contributed by atoms with Crippen molar-refractivity contribution >= 4 is 16.9 Å². The van der Waals surface area contributed by atoms with Crippen molar-refractivity contribution in [2.24, 2.45) is 7.05 Å². The highest BCUT2D eigenvalue weighted by molar-refractivity contribution is 5.76. The normalized spacial score (nSPS) is 11.8. The number of hydrogen-bond donors (Lipinski definition) is 0. The van der Waals surface area contributed by atoms with Crippen molar-refractivity contribution in [3.63, 3.8) is 0 Å². The molecule has 0 aliphatic heterocycles. The molecule has 0 radical (unpaired) electrons. The van der Waals surface area contributed by atoms with Crippen LogP contribution in [0.2, 0.25) is 0 Å². The third-order valence-corrected chi connectivity index (χ3v) is 5.01. The summed E-state index contributed by atoms with van der Waals surface area (Å²) in [5.74, 6) is 0.606. The summed E-state index contributed by atoms with van der Waals surface area (Å²) in [5, 5.41) is 0. The van der Waals surface area contributed by atoms with Crippen molar-refractivity contribution in [1.82, 2.24) is 23.1 Å². The lowest BCUT2D eigenvalue weighted by molar-refractivity contribution is 0.184. The van der Waals surface area contributed by atoms with E-state index in [0.29, 0.717) is 16.9 Å². The molecule has 8 nitrogen and oxygen atoms in total. The van der Waals surface area contributed by atoms with Gasteiger partial charge >= 0.3 is 5.69 Å². The summed E-state index contributed by atoms with van der Waals surface area (Å²) in [4.78, 5) is 30.4. The predicted octanol–water partition coefficient (Wildman–Crippen LogP) is 1.71. The summed E-state index contributed by atoms with van der Waals surface area (Å²) >= 11 is 0. The van der Waals surface area contributed by atoms with Crippen molar-refractivity contribution in [1.29, 1.82) is 0 Å². The summed E-state index contributed by atoms with van der Waals surface area (Å²) < 4.78 is 11.4. The van der Waals surface area contributed by atoms with Gasteiger partial charge in [-0.2, -0.15) is 4.98 Å². The van der Waals surface area contributed by atoms with Gasteiger partial charge in [0.25, 0.3) is 5.56 Å². The van der Waals surface area contributed by atoms with Crippen LogP contribution < -0.4 is 11.2 Å². The van der Waals surface area contributed by atoms with Gasteiger partial charge in [0.15, 0.2) is 11.2 Å². The van der Waals surface area contributed by atoms with Gasteiger partial charge in [0, 0.05) is 31.7 Å². The lowest BCUT2D eigenvalue weighted by Crippen LogP contribution is -2.40. The van der Waals surface area contributed by atoms with Crippen LogP contribution in [0.5, 0.6) is 0 Å². The molecule has 28 heavy (non-hydrogen) atoms. The predicted molar refractivity (Wildman–Crippen MR) is 108 cm³/mol. The minimum Gasteiger partial charge on any atom is -0.383 e. The topological polar surface area (TPSA) is 75.5 Å². The Hall–Kier alpha value is -3.13. The van der Waals surface area contributed by atoms with Crippen LogP contribution in [0.15, 0.2) is 34.0 Å². The Morgan fingerprint density at radius 1 is 1.07 bits per heavy atom. The Morgan fingerprint density at radius 2 is 1.75 bits per heavy atom. The van der Waals surface area contributed by atoms with Crippen LogP contribution in [0.25, 0.3) is 22.6 Å². The van der Waals surface area contributed by atoms with Gasteiger partial charge in [-0.25, -0.2) is 4.79 Å². The molecule has 3 heterocycles. The number of imidazole rings is 2. The van der Waals surface area contributed by atoms with Gasteiger partial charge in [-0.15, -0.1) is 0 Å². The van der Waals surface area contributed by atoms with Crippen LogP contribution in [-0.2, 0) is 18.3 Å². The second kappa shape index (κ2) is 6.49. The third-order valence-electron chi connectivity index (χ3n) is 5.01. The number of aryl methyl sites for hydroxylation is 4. The van der Waals surface area contributed by atoms with Crippen molar-refractivity contribution in [3.05, 3.63) is 62.1 Å². The number of methoxy groups -OCH3 is 1. The lowest BCUT2D eigenvalue weighted by atomic mass is 10.1. The Balaban J connectivity index is 2.09. The molecule has 0 N–H and O–H groups in total. The summed E-state index contributed by atoms with van der Waals surface area (Å²) in [6, 6.07) is 6.27. The average Bonchev–Trinajstić information content (AvgIpc) is 3.13. The molecule has 0 spiro atoms. The van der Waals surface area contributed by atoms with Crippen molar-refractivity contribution < 1.29 is 4.74 Å². The van der Waals surface area contributed by atoms with Crippen LogP contribution in [-0.4, -0.2) is 36.8 Å². The van der Waals surface area contributed by atoms with E-state index in [2.05, 4.69) is 23.2 Å². The van der Waals surface area contributed by atoms with Gasteiger partial charge in [-0.3, -0.25) is 22.9 Å². The maximum Gasteiger partial charge on any atom is 0.332 e. The summed E-state index contributed by atoms with van der Waals surface area (Å²) in [6.07, 6.45) is 1.88. The van der Waals surface area contributed by atoms with E-state index in [9.17, 15) is 9.59 Å². The standard InChI is InChI=1S/C20H23N5O3/c1-12-8-13(2)10-15(9-12)25-14(3)11-24-16-17(21-19(24)25)22(4)20(27)23(18(16)26)6-7-28-5/h8-11H,6-7H2,1-5H3. The van der Waals surface area contributed by atoms with Gasteiger partial charge in [-0.05, 0) is 44.0 Å². The molecular formula is C20H23N5O3. The number of rotatable bonds is 4. The summed E-state index contributed by atoms with van der Waals surface area (Å²) in [5.41, 5.74) is 4.22. The van der Waals surface area contributed by atoms with Crippen LogP contribution in [0.1, 0.15) is 16.8 Å². The second-order valence-corrected chi connectivity index (χ2v) is 7.20. The Morgan fingerprint density at radius 3 is 2.39 bits per heavy atom. The van der Waals surface area contributed by atoms with Gasteiger partial charge in [-0.1, -0.05) is 6.07 Å². The van der Waals surface area contributed by atoms with E-state index >= 15 is 0 Å². The quantitative estimate of drug-likeness (QED) is 0.539. The van der Waals surface area contributed by atoms with E-state index in [1.165, 1.54) is 9.13 Å². The first-order chi connectivity index (χ1) is 13.3. The molecule has 0 saturated heterocycles. The van der Waals surface area contributed by atoms with E-state index in [0.717, 1.165) is 22.5 Å². The number of nitrogens with zero attached hydrogens (tertiary/aromatic N) is 5. The van der Waals surface area contributed by atoms with Crippen LogP contribution in [0.3, 0.4) is 0 Å². The van der Waals surface area contributed by atoms with Crippen molar-refractivity contribution in [2.75, 3.05) is 13.7 Å². The highest BCUT2D eigenvalue weighted by atomic mass is 16.5. The molecule has 0 aliphatic rings. The van der Waals surface area contributed by atoms with Crippen molar-refractivity contribution in [2.45, 2.75) is 27.3 Å². The average molecular weight is 381 g/mol. The molecule has 0 amide bonds. The zero-order valence-corrected chi connectivity index (χ0v) is 16.7. The highest BCUT2D eigenvalue weighted by Gasteiger charge is 2.20. The maximum atomic E-state index is 13.1. The number of aromatic nitrogens is 5. The minimum absolute atomic E-state index is 0.196. The summed E-state index contributed by atoms with van der Waals surface area (Å²) in [7, 11) is 3.17. The van der Waals surface area contributed by atoms with Crippen LogP contribution in [0, 0.1) is 20.8 Å². The number of benzene rings is 1. The molecule has 4 rings (SSSR count). The molecule has 0 fully saturated rings. The maximum absolute atomic E-state index is 13.1. The van der Waals surface area contributed by atoms with Gasteiger partial charge < -0.3 is 4.74 Å². The fraction of sp³-hybridized carbons (Fsp3) is 0.350. The third kappa shape index (κ3) is 2.60. The fourth-order valence-electron chi connectivity index (χ4n) is 3.79. The van der Waals surface area contributed by atoms with E-state index in [1.54, 1.807) is 18.6 Å². The number of fused-ring (bicyclic) bond motifs is 3. The number of ether oxygens (including phenoxy) is 1. The molecular weight excluding hydrogens is 358 g/mol. The van der Waals surface area contributed by atoms with E-state index < -0.39 is 5.69 Å². The molecule has 146 valence electrons. The zero-order valence-electron chi connectivity index (χ0n) is 16.7. The Labute approximate surface area is 161 Å². The first-order valence-electron chi connectivity index (χ1n) is 9.11. The van der Waals surface area contributed by atoms with Crippen LogP contribution >= 0.6 is 0 Å². The minimum atomic E-state index is -0.398. The largest absolute Gasteiger partial charge is 0.383 e. The molecule has 0 atom stereocenters. The van der Waals surface area contributed by atoms with E-state index in [1.807, 2.05) is 31.5 Å². The van der Waals surface area contributed by atoms with Gasteiger partial charge in [0.2, 0.25) is 5.78 Å². The van der Waals surface area contributed by atoms with E-state index in [-0.39, 0.29) is 18.7 Å². The molecule has 0 saturated carbocycles. The molecule has 0 bridgehead atoms. The monoisotopic (exact) mass is 381 g/mol. The Bertz CT molecular complexity index is 1320. The zero-order chi connectivity index (χ0) is 20.2. The lowest BCUT2D eigenvalue weighted by Gasteiger charge is -2.08. The van der Waals surface area contributed by atoms with Gasteiger partial charge in [0.1, 0.15) is 0 Å². The first-order valence-corrected chi connectivity index (χ1v) is 9.11. The van der Waals surface area contributed by atoms with E-state index in [4.69, 9.17) is 4.74 Å². The molecule has 0 aliphatic carbocycles. The highest BCUT2D eigenvalue weighted by Crippen LogP contribution is 2.22. The summed E-state index contributed by atoms with van der Waals surface area (Å²) in [6.45, 7) is 6.55. The molecule has 4 aromatic rings. The smallest absolute Gasteiger partial charge is 0.332 e. The number of hydrogen-bond acceptors (Lipinski definition) is 4. The molecule has 0 unspecified atom stereocenters. The van der Waals surface area contributed by atoms with Gasteiger partial charge in [0.05, 0.1) is 13.2 Å². The Kier molecular flexibility index (Phi) is 4.23. The molecule has 8 heteroatoms. The molecule has 1 aromatic carbocycles. The van der Waals surface area contributed by atoms with Crippen molar-refractivity contribution in [3.8, 4) is 5.69 Å². The fourth-order valence-corrected chi connectivity index (χ4v) is 3.79. The first kappa shape index (κ1) is 18.2. The second-order valence-electron chi connectivity index (χ2n) is 7.20. The van der Waals surface area contributed by atoms with Crippen LogP contribution in [0.4, 0.5) is 0 Å². The molecule has 3 aromatic heterocycles. The SMILES string of the molecule is COCCn1c(=O)c2c(nc3n(-c4cc(C)cc(C)c4)c(C)cn23)n(C)c1=O.